The van der Waals surface area contributed by atoms with Crippen LogP contribution in [0.5, 0.6) is 0 Å². The monoisotopic (exact) mass is 351 g/mol. The minimum absolute atomic E-state index is 0.0314. The van der Waals surface area contributed by atoms with Gasteiger partial charge in [0.2, 0.25) is 5.58 Å². The first-order valence-electron chi connectivity index (χ1n) is 8.17. The molecule has 136 valence electrons. The maximum atomic E-state index is 15.2. The van der Waals surface area contributed by atoms with Gasteiger partial charge in [-0.2, -0.15) is 0 Å². The van der Waals surface area contributed by atoms with Gasteiger partial charge in [-0.05, 0) is 19.9 Å². The number of hydrogen-bond acceptors (Lipinski definition) is 6. The molecule has 1 aliphatic rings. The van der Waals surface area contributed by atoms with Crippen molar-refractivity contribution < 1.29 is 23.6 Å². The number of fused-ring (bicyclic) bond motifs is 1. The minimum atomic E-state index is -0.617. The molecule has 1 aromatic carbocycles. The van der Waals surface area contributed by atoms with Crippen molar-refractivity contribution in [3.05, 3.63) is 23.1 Å². The van der Waals surface area contributed by atoms with Crippen molar-refractivity contribution in [2.45, 2.75) is 32.7 Å². The van der Waals surface area contributed by atoms with Gasteiger partial charge >= 0.3 is 0 Å². The summed E-state index contributed by atoms with van der Waals surface area (Å²) in [6, 6.07) is 1.58. The maximum absolute atomic E-state index is 15.2. The highest BCUT2D eigenvalue weighted by atomic mass is 19.1. The Morgan fingerprint density at radius 3 is 2.60 bits per heavy atom. The van der Waals surface area contributed by atoms with Gasteiger partial charge in [0, 0.05) is 32.7 Å². The lowest BCUT2D eigenvalue weighted by atomic mass is 10.0. The Morgan fingerprint density at radius 2 is 2.04 bits per heavy atom. The van der Waals surface area contributed by atoms with Crippen LogP contribution in [0.3, 0.4) is 0 Å². The standard InChI is InChI=1S/C17H22FN3O4/c1-9-6-21(7-10(2)24-9)15-11(8-22)5-12-14(17(23)20(3)4)19-25-16(12)13(15)18/h5,9-10,22H,6-8H2,1-4H3/t9-,10+. The van der Waals surface area contributed by atoms with E-state index in [4.69, 9.17) is 9.26 Å². The second kappa shape index (κ2) is 6.61. The molecule has 1 amide bonds. The molecule has 3 rings (SSSR count). The summed E-state index contributed by atoms with van der Waals surface area (Å²) in [6.45, 7) is 4.47. The number of rotatable bonds is 3. The Bertz CT molecular complexity index is 795. The molecule has 2 aromatic rings. The molecular formula is C17H22FN3O4. The highest BCUT2D eigenvalue weighted by molar-refractivity contribution is 6.05. The predicted octanol–water partition coefficient (Wildman–Crippen LogP) is 1.77. The number of aliphatic hydroxyl groups is 1. The second-order valence-electron chi connectivity index (χ2n) is 6.63. The fraction of sp³-hybridized carbons (Fsp3) is 0.529. The lowest BCUT2D eigenvalue weighted by Crippen LogP contribution is -2.46. The van der Waals surface area contributed by atoms with Gasteiger partial charge in [-0.15, -0.1) is 0 Å². The van der Waals surface area contributed by atoms with E-state index in [1.54, 1.807) is 20.2 Å². The quantitative estimate of drug-likeness (QED) is 0.908. The van der Waals surface area contributed by atoms with Crippen LogP contribution in [-0.4, -0.2) is 60.5 Å². The summed E-state index contributed by atoms with van der Waals surface area (Å²) in [4.78, 5) is 15.4. The average molecular weight is 351 g/mol. The highest BCUT2D eigenvalue weighted by Gasteiger charge is 2.30. The van der Waals surface area contributed by atoms with E-state index in [1.165, 1.54) is 4.90 Å². The molecule has 0 saturated carbocycles. The van der Waals surface area contributed by atoms with Crippen molar-refractivity contribution in [1.82, 2.24) is 10.1 Å². The van der Waals surface area contributed by atoms with Crippen LogP contribution in [0, 0.1) is 5.82 Å². The number of nitrogens with zero attached hydrogens (tertiary/aromatic N) is 3. The number of amides is 1. The number of halogens is 1. The Morgan fingerprint density at radius 1 is 1.40 bits per heavy atom. The Hall–Kier alpha value is -2.19. The van der Waals surface area contributed by atoms with Crippen molar-refractivity contribution >= 4 is 22.6 Å². The molecule has 1 fully saturated rings. The van der Waals surface area contributed by atoms with Crippen molar-refractivity contribution in [3.63, 3.8) is 0 Å². The van der Waals surface area contributed by atoms with E-state index in [2.05, 4.69) is 5.16 Å². The van der Waals surface area contributed by atoms with Crippen LogP contribution in [-0.2, 0) is 11.3 Å². The first kappa shape index (κ1) is 17.6. The van der Waals surface area contributed by atoms with E-state index < -0.39 is 5.82 Å². The van der Waals surface area contributed by atoms with Gasteiger partial charge in [0.25, 0.3) is 5.91 Å². The van der Waals surface area contributed by atoms with Crippen LogP contribution < -0.4 is 4.90 Å². The fourth-order valence-electron chi connectivity index (χ4n) is 3.27. The summed E-state index contributed by atoms with van der Waals surface area (Å²) in [6.07, 6.45) is -0.128. The van der Waals surface area contributed by atoms with E-state index in [-0.39, 0.29) is 47.1 Å². The normalized spacial score (nSPS) is 21.0. The zero-order chi connectivity index (χ0) is 18.3. The third-order valence-electron chi connectivity index (χ3n) is 4.27. The van der Waals surface area contributed by atoms with E-state index in [1.807, 2.05) is 18.7 Å². The SMILES string of the molecule is C[C@@H]1CN(c2c(CO)cc3c(C(=O)N(C)C)noc3c2F)C[C@H](C)O1. The molecule has 1 aromatic heterocycles. The summed E-state index contributed by atoms with van der Waals surface area (Å²) in [5, 5.41) is 13.8. The van der Waals surface area contributed by atoms with E-state index >= 15 is 4.39 Å². The molecule has 1 aliphatic heterocycles. The number of morpholine rings is 1. The zero-order valence-corrected chi connectivity index (χ0v) is 14.7. The van der Waals surface area contributed by atoms with Gasteiger partial charge in [0.05, 0.1) is 29.9 Å². The fourth-order valence-corrected chi connectivity index (χ4v) is 3.27. The average Bonchev–Trinajstić information content (AvgIpc) is 2.96. The molecule has 25 heavy (non-hydrogen) atoms. The first-order chi connectivity index (χ1) is 11.8. The summed E-state index contributed by atoms with van der Waals surface area (Å²) in [5.41, 5.74) is 0.618. The molecule has 0 radical (unpaired) electrons. The zero-order valence-electron chi connectivity index (χ0n) is 14.7. The largest absolute Gasteiger partial charge is 0.392 e. The molecule has 2 atom stereocenters. The molecule has 1 saturated heterocycles. The molecule has 0 aliphatic carbocycles. The topological polar surface area (TPSA) is 79.0 Å². The van der Waals surface area contributed by atoms with E-state index in [0.29, 0.717) is 18.7 Å². The van der Waals surface area contributed by atoms with Crippen LogP contribution in [0.25, 0.3) is 11.0 Å². The number of hydrogen-bond donors (Lipinski definition) is 1. The van der Waals surface area contributed by atoms with Crippen LogP contribution in [0.1, 0.15) is 29.9 Å². The predicted molar refractivity (Wildman–Crippen MR) is 90.1 cm³/mol. The molecule has 8 heteroatoms. The minimum Gasteiger partial charge on any atom is -0.392 e. The second-order valence-corrected chi connectivity index (χ2v) is 6.63. The van der Waals surface area contributed by atoms with Gasteiger partial charge in [-0.25, -0.2) is 4.39 Å². The van der Waals surface area contributed by atoms with Crippen LogP contribution in [0.4, 0.5) is 10.1 Å². The maximum Gasteiger partial charge on any atom is 0.276 e. The number of aliphatic hydroxyl groups excluding tert-OH is 1. The van der Waals surface area contributed by atoms with Gasteiger partial charge in [0.1, 0.15) is 0 Å². The summed E-state index contributed by atoms with van der Waals surface area (Å²) < 4.78 is 26.0. The highest BCUT2D eigenvalue weighted by Crippen LogP contribution is 2.35. The number of ether oxygens (including phenoxy) is 1. The summed E-state index contributed by atoms with van der Waals surface area (Å²) in [5.74, 6) is -1.00. The number of carbonyl (C=O) groups is 1. The third kappa shape index (κ3) is 3.07. The Kier molecular flexibility index (Phi) is 4.66. The molecule has 1 N–H and O–H groups in total. The Balaban J connectivity index is 2.14. The Labute approximate surface area is 144 Å². The molecule has 0 spiro atoms. The van der Waals surface area contributed by atoms with Crippen molar-refractivity contribution in [2.24, 2.45) is 0 Å². The summed E-state index contributed by atoms with van der Waals surface area (Å²) in [7, 11) is 3.16. The van der Waals surface area contributed by atoms with Crippen LogP contribution in [0.2, 0.25) is 0 Å². The number of aromatic nitrogens is 1. The van der Waals surface area contributed by atoms with Gasteiger partial charge in [-0.1, -0.05) is 5.16 Å². The molecule has 0 bridgehead atoms. The van der Waals surface area contributed by atoms with Gasteiger partial charge in [0.15, 0.2) is 11.5 Å². The molecule has 0 unspecified atom stereocenters. The lowest BCUT2D eigenvalue weighted by molar-refractivity contribution is -0.00550. The number of benzene rings is 1. The van der Waals surface area contributed by atoms with Crippen LogP contribution in [0.15, 0.2) is 10.6 Å². The van der Waals surface area contributed by atoms with Crippen molar-refractivity contribution in [3.8, 4) is 0 Å². The van der Waals surface area contributed by atoms with Crippen molar-refractivity contribution in [2.75, 3.05) is 32.1 Å². The summed E-state index contributed by atoms with van der Waals surface area (Å²) >= 11 is 0. The lowest BCUT2D eigenvalue weighted by Gasteiger charge is -2.37. The molecular weight excluding hydrogens is 329 g/mol. The molecule has 7 nitrogen and oxygen atoms in total. The third-order valence-corrected chi connectivity index (χ3v) is 4.27. The van der Waals surface area contributed by atoms with Gasteiger partial charge < -0.3 is 24.2 Å². The van der Waals surface area contributed by atoms with Crippen LogP contribution >= 0.6 is 0 Å². The van der Waals surface area contributed by atoms with Gasteiger partial charge in [-0.3, -0.25) is 4.79 Å². The molecule has 2 heterocycles. The first-order valence-corrected chi connectivity index (χ1v) is 8.17. The smallest absolute Gasteiger partial charge is 0.276 e. The van der Waals surface area contributed by atoms with Crippen molar-refractivity contribution in [1.29, 1.82) is 0 Å². The van der Waals surface area contributed by atoms with E-state index in [9.17, 15) is 9.90 Å². The number of carbonyl (C=O) groups excluding carboxylic acids is 1. The van der Waals surface area contributed by atoms with E-state index in [0.717, 1.165) is 0 Å². The number of anilines is 1.